The van der Waals surface area contributed by atoms with Crippen LogP contribution in [-0.4, -0.2) is 65.3 Å². The zero-order valence-electron chi connectivity index (χ0n) is 24.4. The molecule has 208 valence electrons. The Hall–Kier alpha value is -3.11. The maximum absolute atomic E-state index is 13.7. The lowest BCUT2D eigenvalue weighted by Crippen LogP contribution is -2.58. The molecule has 0 saturated carbocycles. The number of carbonyl (C=O) groups excluding carboxylic acids is 3. The van der Waals surface area contributed by atoms with Crippen molar-refractivity contribution in [2.24, 2.45) is 11.8 Å². The van der Waals surface area contributed by atoms with Gasteiger partial charge in [0.2, 0.25) is 11.8 Å². The Morgan fingerprint density at radius 3 is 2.21 bits per heavy atom. The molecular formula is C31H46N4O3. The monoisotopic (exact) mass is 522 g/mol. The SMILES string of the molecule is C#Cc1ccc(NC(=O)C(C)=C[C@H](C(C)C)N(C)C(=O)[C@@H](NC(=O)C2CCCCN2C(C)C)C(C)C)cc1. The van der Waals surface area contributed by atoms with Crippen molar-refractivity contribution >= 4 is 23.4 Å². The van der Waals surface area contributed by atoms with Crippen LogP contribution in [0.4, 0.5) is 5.69 Å². The molecule has 1 fully saturated rings. The zero-order chi connectivity index (χ0) is 28.6. The van der Waals surface area contributed by atoms with Crippen LogP contribution in [0.1, 0.15) is 73.3 Å². The minimum absolute atomic E-state index is 0.0555. The average Bonchev–Trinajstić information content (AvgIpc) is 2.89. The predicted molar refractivity (Wildman–Crippen MR) is 154 cm³/mol. The number of anilines is 1. The summed E-state index contributed by atoms with van der Waals surface area (Å²) in [6.45, 7) is 14.8. The van der Waals surface area contributed by atoms with Crippen molar-refractivity contribution in [3.05, 3.63) is 41.5 Å². The largest absolute Gasteiger partial charge is 0.343 e. The van der Waals surface area contributed by atoms with Crippen molar-refractivity contribution in [3.8, 4) is 12.3 Å². The Kier molecular flexibility index (Phi) is 11.6. The highest BCUT2D eigenvalue weighted by Crippen LogP contribution is 2.22. The van der Waals surface area contributed by atoms with E-state index in [1.54, 1.807) is 43.1 Å². The maximum Gasteiger partial charge on any atom is 0.251 e. The Balaban J connectivity index is 2.18. The summed E-state index contributed by atoms with van der Waals surface area (Å²) < 4.78 is 0. The van der Waals surface area contributed by atoms with Gasteiger partial charge in [0, 0.05) is 29.9 Å². The minimum Gasteiger partial charge on any atom is -0.343 e. The lowest BCUT2D eigenvalue weighted by molar-refractivity contribution is -0.140. The third kappa shape index (κ3) is 8.19. The molecule has 1 aliphatic heterocycles. The van der Waals surface area contributed by atoms with E-state index in [4.69, 9.17) is 6.42 Å². The van der Waals surface area contributed by atoms with E-state index in [0.717, 1.165) is 31.4 Å². The van der Waals surface area contributed by atoms with Crippen molar-refractivity contribution < 1.29 is 14.4 Å². The number of likely N-dealkylation sites (N-methyl/N-ethyl adjacent to an activating group) is 1. The molecule has 1 heterocycles. The van der Waals surface area contributed by atoms with Crippen LogP contribution in [-0.2, 0) is 14.4 Å². The van der Waals surface area contributed by atoms with Gasteiger partial charge < -0.3 is 15.5 Å². The van der Waals surface area contributed by atoms with Gasteiger partial charge >= 0.3 is 0 Å². The summed E-state index contributed by atoms with van der Waals surface area (Å²) in [6, 6.07) is 6.14. The molecule has 7 nitrogen and oxygen atoms in total. The maximum atomic E-state index is 13.7. The molecule has 0 radical (unpaired) electrons. The van der Waals surface area contributed by atoms with E-state index in [1.165, 1.54) is 0 Å². The van der Waals surface area contributed by atoms with Crippen LogP contribution < -0.4 is 10.6 Å². The average molecular weight is 523 g/mol. The topological polar surface area (TPSA) is 81.8 Å². The molecule has 0 aliphatic carbocycles. The summed E-state index contributed by atoms with van der Waals surface area (Å²) in [4.78, 5) is 43.8. The first-order chi connectivity index (χ1) is 17.9. The number of nitrogens with one attached hydrogen (secondary N) is 2. The molecule has 1 aromatic rings. The van der Waals surface area contributed by atoms with E-state index in [1.807, 2.05) is 33.8 Å². The van der Waals surface area contributed by atoms with Gasteiger partial charge in [-0.1, -0.05) is 46.1 Å². The Morgan fingerprint density at radius 1 is 1.05 bits per heavy atom. The lowest BCUT2D eigenvalue weighted by Gasteiger charge is -2.39. The highest BCUT2D eigenvalue weighted by Gasteiger charge is 2.36. The van der Waals surface area contributed by atoms with E-state index in [0.29, 0.717) is 11.3 Å². The molecular weight excluding hydrogens is 476 g/mol. The molecule has 1 saturated heterocycles. The number of nitrogens with zero attached hydrogens (tertiary/aromatic N) is 2. The van der Waals surface area contributed by atoms with Gasteiger partial charge in [0.05, 0.1) is 12.1 Å². The number of terminal acetylenes is 1. The highest BCUT2D eigenvalue weighted by atomic mass is 16.2. The van der Waals surface area contributed by atoms with Crippen LogP contribution in [0.5, 0.6) is 0 Å². The Labute approximate surface area is 229 Å². The van der Waals surface area contributed by atoms with E-state index in [9.17, 15) is 14.4 Å². The first-order valence-corrected chi connectivity index (χ1v) is 13.8. The number of rotatable bonds is 10. The smallest absolute Gasteiger partial charge is 0.251 e. The molecule has 1 aromatic carbocycles. The molecule has 3 atom stereocenters. The second-order valence-electron chi connectivity index (χ2n) is 11.3. The van der Waals surface area contributed by atoms with Crippen LogP contribution in [0.15, 0.2) is 35.9 Å². The summed E-state index contributed by atoms with van der Waals surface area (Å²) in [5.74, 6) is 2.04. The van der Waals surface area contributed by atoms with Gasteiger partial charge in [0.15, 0.2) is 0 Å². The van der Waals surface area contributed by atoms with Crippen molar-refractivity contribution in [1.29, 1.82) is 0 Å². The third-order valence-electron chi connectivity index (χ3n) is 7.31. The van der Waals surface area contributed by atoms with E-state index in [-0.39, 0.29) is 47.7 Å². The summed E-state index contributed by atoms with van der Waals surface area (Å²) in [6.07, 6.45) is 10.1. The van der Waals surface area contributed by atoms with Gasteiger partial charge in [0.25, 0.3) is 5.91 Å². The second kappa shape index (κ2) is 14.2. The van der Waals surface area contributed by atoms with Crippen molar-refractivity contribution in [1.82, 2.24) is 15.1 Å². The number of likely N-dealkylation sites (tertiary alicyclic amines) is 1. The number of hydrogen-bond donors (Lipinski definition) is 2. The van der Waals surface area contributed by atoms with Crippen molar-refractivity contribution in [2.75, 3.05) is 18.9 Å². The number of carbonyl (C=O) groups is 3. The normalized spacial score (nSPS) is 18.2. The number of piperidine rings is 1. The zero-order valence-corrected chi connectivity index (χ0v) is 24.4. The van der Waals surface area contributed by atoms with Crippen LogP contribution in [0.25, 0.3) is 0 Å². The van der Waals surface area contributed by atoms with Gasteiger partial charge in [-0.3, -0.25) is 19.3 Å². The number of amides is 3. The fourth-order valence-electron chi connectivity index (χ4n) is 4.95. The van der Waals surface area contributed by atoms with E-state index >= 15 is 0 Å². The van der Waals surface area contributed by atoms with Crippen molar-refractivity contribution in [2.45, 2.75) is 91.9 Å². The molecule has 38 heavy (non-hydrogen) atoms. The van der Waals surface area contributed by atoms with Crippen molar-refractivity contribution in [3.63, 3.8) is 0 Å². The van der Waals surface area contributed by atoms with E-state index in [2.05, 4.69) is 35.3 Å². The minimum atomic E-state index is -0.651. The van der Waals surface area contributed by atoms with Gasteiger partial charge in [-0.2, -0.15) is 0 Å². The molecule has 1 unspecified atom stereocenters. The quantitative estimate of drug-likeness (QED) is 0.352. The molecule has 2 rings (SSSR count). The van der Waals surface area contributed by atoms with E-state index < -0.39 is 6.04 Å². The molecule has 3 amide bonds. The van der Waals surface area contributed by atoms with Gasteiger partial charge in [0.1, 0.15) is 6.04 Å². The van der Waals surface area contributed by atoms with Crippen LogP contribution >= 0.6 is 0 Å². The second-order valence-corrected chi connectivity index (χ2v) is 11.3. The summed E-state index contributed by atoms with van der Waals surface area (Å²) in [5, 5.41) is 5.96. The summed E-state index contributed by atoms with van der Waals surface area (Å²) in [5.41, 5.74) is 1.89. The summed E-state index contributed by atoms with van der Waals surface area (Å²) >= 11 is 0. The lowest BCUT2D eigenvalue weighted by atomic mass is 9.95. The van der Waals surface area contributed by atoms with Gasteiger partial charge in [-0.25, -0.2) is 0 Å². The van der Waals surface area contributed by atoms with Gasteiger partial charge in [-0.15, -0.1) is 6.42 Å². The Bertz CT molecular complexity index is 1040. The predicted octanol–water partition coefficient (Wildman–Crippen LogP) is 4.44. The van der Waals surface area contributed by atoms with Crippen LogP contribution in [0.3, 0.4) is 0 Å². The van der Waals surface area contributed by atoms with Crippen LogP contribution in [0.2, 0.25) is 0 Å². The molecule has 2 N–H and O–H groups in total. The van der Waals surface area contributed by atoms with Gasteiger partial charge in [-0.05, 0) is 76.3 Å². The summed E-state index contributed by atoms with van der Waals surface area (Å²) in [7, 11) is 1.75. The highest BCUT2D eigenvalue weighted by molar-refractivity contribution is 6.03. The molecule has 0 bridgehead atoms. The fourth-order valence-corrected chi connectivity index (χ4v) is 4.95. The standard InChI is InChI=1S/C31H46N4O3/c1-10-24-14-16-25(17-15-24)32-29(36)23(8)19-27(20(2)3)34(9)31(38)28(21(4)5)33-30(37)26-13-11-12-18-35(26)22(6)7/h1,14-17,19-22,26-28H,11-13,18H2,2-9H3,(H,32,36)(H,33,37)/t26?,27-,28+/m1/s1. The molecule has 0 aromatic heterocycles. The fraction of sp³-hybridized carbons (Fsp3) is 0.581. The Morgan fingerprint density at radius 2 is 1.68 bits per heavy atom. The first kappa shape index (κ1) is 31.1. The first-order valence-electron chi connectivity index (χ1n) is 13.8. The third-order valence-corrected chi connectivity index (χ3v) is 7.31. The molecule has 0 spiro atoms. The number of hydrogen-bond acceptors (Lipinski definition) is 4. The van der Waals surface area contributed by atoms with Crippen LogP contribution in [0, 0.1) is 24.2 Å². The number of benzene rings is 1. The molecule has 1 aliphatic rings. The molecule has 7 heteroatoms.